The summed E-state index contributed by atoms with van der Waals surface area (Å²) in [5.41, 5.74) is 2.48. The Kier molecular flexibility index (Phi) is 2.90. The molecule has 0 radical (unpaired) electrons. The number of aryl methyl sites for hydroxylation is 1. The molecule has 0 aliphatic rings. The maximum atomic E-state index is 13.5. The molecule has 1 nitrogen and oxygen atoms in total. The molecule has 0 N–H and O–H groups in total. The number of hydrogen-bond acceptors (Lipinski definition) is 1. The van der Waals surface area contributed by atoms with Crippen LogP contribution in [0.5, 0.6) is 0 Å². The van der Waals surface area contributed by atoms with Gasteiger partial charge in [-0.25, -0.2) is 4.39 Å². The highest BCUT2D eigenvalue weighted by Crippen LogP contribution is 2.32. The molecule has 1 aromatic heterocycles. The number of benzene rings is 3. The smallest absolute Gasteiger partial charge is 0.126 e. The minimum absolute atomic E-state index is 0.186. The Morgan fingerprint density at radius 3 is 2.55 bits per heavy atom. The first kappa shape index (κ1) is 13.0. The van der Waals surface area contributed by atoms with Crippen LogP contribution in [0.15, 0.2) is 66.9 Å². The molecule has 1 heterocycles. The van der Waals surface area contributed by atoms with E-state index in [0.717, 1.165) is 16.6 Å². The number of nitrogens with zero attached hydrogens (tertiary/aromatic N) is 1. The summed E-state index contributed by atoms with van der Waals surface area (Å²) in [6.07, 6.45) is 1.82. The lowest BCUT2D eigenvalue weighted by molar-refractivity contribution is 0.619. The van der Waals surface area contributed by atoms with Crippen LogP contribution in [0.1, 0.15) is 5.56 Å². The SMILES string of the molecule is Cc1cc(-c2nccc3c2ccc2ccccc23)ccc1F. The Balaban J connectivity index is 2.06. The summed E-state index contributed by atoms with van der Waals surface area (Å²) in [6, 6.07) is 19.7. The second-order valence-electron chi connectivity index (χ2n) is 5.51. The van der Waals surface area contributed by atoms with Crippen LogP contribution in [-0.4, -0.2) is 4.98 Å². The van der Waals surface area contributed by atoms with E-state index in [1.807, 2.05) is 30.5 Å². The van der Waals surface area contributed by atoms with Gasteiger partial charge in [0.15, 0.2) is 0 Å². The van der Waals surface area contributed by atoms with Crippen LogP contribution in [-0.2, 0) is 0 Å². The Labute approximate surface area is 128 Å². The lowest BCUT2D eigenvalue weighted by Crippen LogP contribution is -1.89. The number of rotatable bonds is 1. The normalized spacial score (nSPS) is 11.2. The molecule has 0 fully saturated rings. The molecular weight excluding hydrogens is 273 g/mol. The number of hydrogen-bond donors (Lipinski definition) is 0. The molecule has 0 aliphatic heterocycles. The van der Waals surface area contributed by atoms with Crippen molar-refractivity contribution in [2.45, 2.75) is 6.92 Å². The van der Waals surface area contributed by atoms with Gasteiger partial charge < -0.3 is 0 Å². The first-order valence-corrected chi connectivity index (χ1v) is 7.27. The highest BCUT2D eigenvalue weighted by Gasteiger charge is 2.09. The molecule has 4 rings (SSSR count). The van der Waals surface area contributed by atoms with Crippen LogP contribution in [0.3, 0.4) is 0 Å². The van der Waals surface area contributed by atoms with E-state index in [9.17, 15) is 4.39 Å². The van der Waals surface area contributed by atoms with Gasteiger partial charge >= 0.3 is 0 Å². The fourth-order valence-electron chi connectivity index (χ4n) is 2.96. The van der Waals surface area contributed by atoms with Gasteiger partial charge in [-0.05, 0) is 52.9 Å². The van der Waals surface area contributed by atoms with Crippen molar-refractivity contribution in [2.24, 2.45) is 0 Å². The Bertz CT molecular complexity index is 1000. The van der Waals surface area contributed by atoms with Gasteiger partial charge in [0.25, 0.3) is 0 Å². The standard InChI is InChI=1S/C20H14FN/c1-13-12-15(7-9-19(13)21)20-18-8-6-14-4-2-3-5-16(14)17(18)10-11-22-20/h2-12H,1H3. The highest BCUT2D eigenvalue weighted by molar-refractivity contribution is 6.11. The summed E-state index contributed by atoms with van der Waals surface area (Å²) in [5, 5.41) is 4.68. The topological polar surface area (TPSA) is 12.9 Å². The van der Waals surface area contributed by atoms with Crippen molar-refractivity contribution in [3.05, 3.63) is 78.2 Å². The second-order valence-corrected chi connectivity index (χ2v) is 5.51. The number of fused-ring (bicyclic) bond motifs is 3. The predicted octanol–water partition coefficient (Wildman–Crippen LogP) is 5.50. The van der Waals surface area contributed by atoms with Crippen LogP contribution < -0.4 is 0 Å². The third kappa shape index (κ3) is 1.96. The monoisotopic (exact) mass is 287 g/mol. The van der Waals surface area contributed by atoms with Crippen molar-refractivity contribution in [3.8, 4) is 11.3 Å². The maximum absolute atomic E-state index is 13.5. The van der Waals surface area contributed by atoms with Gasteiger partial charge in [-0.2, -0.15) is 0 Å². The fraction of sp³-hybridized carbons (Fsp3) is 0.0500. The Hall–Kier alpha value is -2.74. The maximum Gasteiger partial charge on any atom is 0.126 e. The average molecular weight is 287 g/mol. The van der Waals surface area contributed by atoms with Gasteiger partial charge in [0.2, 0.25) is 0 Å². The van der Waals surface area contributed by atoms with E-state index in [-0.39, 0.29) is 5.82 Å². The quantitative estimate of drug-likeness (QED) is 0.421. The second kappa shape index (κ2) is 4.92. The summed E-state index contributed by atoms with van der Waals surface area (Å²) in [5.74, 6) is -0.186. The number of pyridine rings is 1. The van der Waals surface area contributed by atoms with Gasteiger partial charge in [0.05, 0.1) is 5.69 Å². The van der Waals surface area contributed by atoms with Crippen molar-refractivity contribution >= 4 is 21.5 Å². The number of halogens is 1. The van der Waals surface area contributed by atoms with Crippen LogP contribution >= 0.6 is 0 Å². The zero-order valence-corrected chi connectivity index (χ0v) is 12.2. The molecule has 0 bridgehead atoms. The van der Waals surface area contributed by atoms with Crippen molar-refractivity contribution in [1.29, 1.82) is 0 Å². The molecule has 3 aromatic carbocycles. The third-order valence-electron chi connectivity index (χ3n) is 4.10. The largest absolute Gasteiger partial charge is 0.256 e. The van der Waals surface area contributed by atoms with Gasteiger partial charge in [-0.3, -0.25) is 4.98 Å². The first-order valence-electron chi connectivity index (χ1n) is 7.27. The van der Waals surface area contributed by atoms with E-state index in [1.54, 1.807) is 13.0 Å². The molecule has 0 saturated heterocycles. The fourth-order valence-corrected chi connectivity index (χ4v) is 2.96. The van der Waals surface area contributed by atoms with E-state index in [2.05, 4.69) is 29.2 Å². The van der Waals surface area contributed by atoms with Crippen LogP contribution in [0.4, 0.5) is 4.39 Å². The van der Waals surface area contributed by atoms with Gasteiger partial charge in [0.1, 0.15) is 5.82 Å². The van der Waals surface area contributed by atoms with E-state index in [1.165, 1.54) is 22.2 Å². The summed E-state index contributed by atoms with van der Waals surface area (Å²) in [4.78, 5) is 4.53. The zero-order valence-electron chi connectivity index (χ0n) is 12.2. The molecular formula is C20H14FN. The van der Waals surface area contributed by atoms with Crippen LogP contribution in [0.25, 0.3) is 32.8 Å². The molecule has 0 aliphatic carbocycles. The summed E-state index contributed by atoms with van der Waals surface area (Å²) in [6.45, 7) is 1.78. The van der Waals surface area contributed by atoms with Crippen LogP contribution in [0.2, 0.25) is 0 Å². The Morgan fingerprint density at radius 2 is 1.68 bits per heavy atom. The van der Waals surface area contributed by atoms with Crippen molar-refractivity contribution < 1.29 is 4.39 Å². The van der Waals surface area contributed by atoms with Crippen molar-refractivity contribution in [2.75, 3.05) is 0 Å². The summed E-state index contributed by atoms with van der Waals surface area (Å²) >= 11 is 0. The Morgan fingerprint density at radius 1 is 0.818 bits per heavy atom. The summed E-state index contributed by atoms with van der Waals surface area (Å²) < 4.78 is 13.5. The predicted molar refractivity (Wildman–Crippen MR) is 89.4 cm³/mol. The lowest BCUT2D eigenvalue weighted by atomic mass is 9.98. The molecule has 0 unspecified atom stereocenters. The minimum Gasteiger partial charge on any atom is -0.256 e. The van der Waals surface area contributed by atoms with E-state index < -0.39 is 0 Å². The van der Waals surface area contributed by atoms with E-state index >= 15 is 0 Å². The molecule has 0 amide bonds. The zero-order chi connectivity index (χ0) is 15.1. The lowest BCUT2D eigenvalue weighted by Gasteiger charge is -2.09. The molecule has 2 heteroatoms. The van der Waals surface area contributed by atoms with Gasteiger partial charge in [0, 0.05) is 17.1 Å². The van der Waals surface area contributed by atoms with Gasteiger partial charge in [-0.1, -0.05) is 36.4 Å². The molecule has 0 saturated carbocycles. The molecule has 106 valence electrons. The molecule has 0 atom stereocenters. The molecule has 22 heavy (non-hydrogen) atoms. The minimum atomic E-state index is -0.186. The highest BCUT2D eigenvalue weighted by atomic mass is 19.1. The van der Waals surface area contributed by atoms with Gasteiger partial charge in [-0.15, -0.1) is 0 Å². The first-order chi connectivity index (χ1) is 10.7. The van der Waals surface area contributed by atoms with Crippen LogP contribution in [0, 0.1) is 12.7 Å². The van der Waals surface area contributed by atoms with Crippen molar-refractivity contribution in [1.82, 2.24) is 4.98 Å². The number of aromatic nitrogens is 1. The molecule has 4 aromatic rings. The third-order valence-corrected chi connectivity index (χ3v) is 4.10. The van der Waals surface area contributed by atoms with E-state index in [4.69, 9.17) is 0 Å². The van der Waals surface area contributed by atoms with Crippen molar-refractivity contribution in [3.63, 3.8) is 0 Å². The summed E-state index contributed by atoms with van der Waals surface area (Å²) in [7, 11) is 0. The van der Waals surface area contributed by atoms with E-state index in [0.29, 0.717) is 5.56 Å². The average Bonchev–Trinajstić information content (AvgIpc) is 2.56. The molecule has 0 spiro atoms.